The van der Waals surface area contributed by atoms with Crippen LogP contribution in [0.1, 0.15) is 41.6 Å². The van der Waals surface area contributed by atoms with Gasteiger partial charge in [0.1, 0.15) is 0 Å². The summed E-state index contributed by atoms with van der Waals surface area (Å²) >= 11 is 0. The molecule has 2 rings (SSSR count). The lowest BCUT2D eigenvalue weighted by atomic mass is 9.91. The normalized spacial score (nSPS) is 15.3. The Kier molecular flexibility index (Phi) is 4.25. The summed E-state index contributed by atoms with van der Waals surface area (Å²) in [5.74, 6) is 0.269. The molecule has 1 aliphatic rings. The van der Waals surface area contributed by atoms with Gasteiger partial charge in [0.15, 0.2) is 0 Å². The van der Waals surface area contributed by atoms with Crippen molar-refractivity contribution in [1.29, 1.82) is 0 Å². The average Bonchev–Trinajstić information content (AvgIpc) is 2.99. The molecule has 3 heteroatoms. The van der Waals surface area contributed by atoms with E-state index in [0.29, 0.717) is 11.5 Å². The number of benzene rings is 1. The Morgan fingerprint density at radius 2 is 2.05 bits per heavy atom. The molecule has 1 fully saturated rings. The highest BCUT2D eigenvalue weighted by Gasteiger charge is 2.21. The Bertz CT molecular complexity index is 488. The summed E-state index contributed by atoms with van der Waals surface area (Å²) in [7, 11) is 3.26. The molecule has 0 spiro atoms. The van der Waals surface area contributed by atoms with E-state index in [-0.39, 0.29) is 5.97 Å². The quantitative estimate of drug-likeness (QED) is 0.837. The third-order valence-electron chi connectivity index (χ3n) is 3.90. The van der Waals surface area contributed by atoms with Crippen molar-refractivity contribution in [1.82, 2.24) is 0 Å². The second-order valence-corrected chi connectivity index (χ2v) is 5.01. The number of rotatable bonds is 4. The van der Waals surface area contributed by atoms with Gasteiger partial charge in [-0.05, 0) is 36.5 Å². The van der Waals surface area contributed by atoms with Crippen LogP contribution in [0.4, 0.5) is 5.69 Å². The summed E-state index contributed by atoms with van der Waals surface area (Å²) in [6, 6.07) is 5.61. The molecular formula is C16H21NO2. The maximum Gasteiger partial charge on any atom is 0.337 e. The van der Waals surface area contributed by atoms with Gasteiger partial charge in [-0.1, -0.05) is 25.5 Å². The molecule has 3 nitrogen and oxygen atoms in total. The highest BCUT2D eigenvalue weighted by atomic mass is 16.5. The number of esters is 1. The second kappa shape index (κ2) is 5.91. The van der Waals surface area contributed by atoms with Crippen LogP contribution in [0.25, 0.3) is 5.57 Å². The van der Waals surface area contributed by atoms with Gasteiger partial charge in [-0.3, -0.25) is 0 Å². The van der Waals surface area contributed by atoms with Crippen LogP contribution in [0.2, 0.25) is 0 Å². The highest BCUT2D eigenvalue weighted by Crippen LogP contribution is 2.38. The van der Waals surface area contributed by atoms with Crippen LogP contribution in [0.3, 0.4) is 0 Å². The second-order valence-electron chi connectivity index (χ2n) is 5.01. The van der Waals surface area contributed by atoms with Crippen LogP contribution in [0.5, 0.6) is 0 Å². The number of nitrogens with one attached hydrogen (secondary N) is 1. The van der Waals surface area contributed by atoms with Crippen LogP contribution in [-0.2, 0) is 4.74 Å². The molecule has 0 heterocycles. The number of hydrogen-bond donors (Lipinski definition) is 1. The van der Waals surface area contributed by atoms with Gasteiger partial charge in [0.2, 0.25) is 0 Å². The van der Waals surface area contributed by atoms with Gasteiger partial charge >= 0.3 is 5.97 Å². The molecule has 1 aromatic rings. The predicted octanol–water partition coefficient (Wildman–Crippen LogP) is 3.72. The third-order valence-corrected chi connectivity index (χ3v) is 3.90. The van der Waals surface area contributed by atoms with E-state index in [0.717, 1.165) is 11.3 Å². The van der Waals surface area contributed by atoms with E-state index in [1.807, 2.05) is 25.2 Å². The molecule has 0 radical (unpaired) electrons. The van der Waals surface area contributed by atoms with Crippen LogP contribution in [0.15, 0.2) is 24.8 Å². The monoisotopic (exact) mass is 259 g/mol. The van der Waals surface area contributed by atoms with E-state index >= 15 is 0 Å². The molecule has 0 aromatic heterocycles. The molecule has 102 valence electrons. The maximum atomic E-state index is 11.5. The Labute approximate surface area is 114 Å². The lowest BCUT2D eigenvalue weighted by Gasteiger charge is -2.17. The SMILES string of the molecule is C=C(c1ccc(C(=O)OC)cc1NC)C1CCCC1. The molecule has 0 unspecified atom stereocenters. The van der Waals surface area contributed by atoms with E-state index in [1.54, 1.807) is 0 Å². The lowest BCUT2D eigenvalue weighted by Crippen LogP contribution is -2.05. The third kappa shape index (κ3) is 2.80. The molecule has 0 bridgehead atoms. The number of methoxy groups -OCH3 is 1. The fourth-order valence-electron chi connectivity index (χ4n) is 2.77. The molecule has 0 aliphatic heterocycles. The smallest absolute Gasteiger partial charge is 0.337 e. The Morgan fingerprint density at radius 1 is 1.37 bits per heavy atom. The van der Waals surface area contributed by atoms with E-state index in [4.69, 9.17) is 4.74 Å². The van der Waals surface area contributed by atoms with Crippen LogP contribution < -0.4 is 5.32 Å². The molecule has 0 saturated heterocycles. The standard InChI is InChI=1S/C16H21NO2/c1-11(12-6-4-5-7-12)14-9-8-13(16(18)19-3)10-15(14)17-2/h8-10,12,17H,1,4-7H2,2-3H3. The van der Waals surface area contributed by atoms with Crippen molar-refractivity contribution in [3.05, 3.63) is 35.9 Å². The topological polar surface area (TPSA) is 38.3 Å². The Balaban J connectivity index is 2.30. The predicted molar refractivity (Wildman–Crippen MR) is 78.3 cm³/mol. The molecule has 19 heavy (non-hydrogen) atoms. The van der Waals surface area contributed by atoms with Crippen molar-refractivity contribution in [2.75, 3.05) is 19.5 Å². The van der Waals surface area contributed by atoms with Crippen molar-refractivity contribution in [2.45, 2.75) is 25.7 Å². The summed E-state index contributed by atoms with van der Waals surface area (Å²) in [5.41, 5.74) is 3.80. The Hall–Kier alpha value is -1.77. The number of anilines is 1. The first-order chi connectivity index (χ1) is 9.17. The first-order valence-electron chi connectivity index (χ1n) is 6.76. The Morgan fingerprint density at radius 3 is 2.63 bits per heavy atom. The first kappa shape index (κ1) is 13.7. The van der Waals surface area contributed by atoms with Crippen LogP contribution >= 0.6 is 0 Å². The molecular weight excluding hydrogens is 238 g/mol. The minimum atomic E-state index is -0.311. The molecule has 1 saturated carbocycles. The molecule has 0 amide bonds. The van der Waals surface area contributed by atoms with Gasteiger partial charge in [-0.2, -0.15) is 0 Å². The number of carbonyl (C=O) groups is 1. The fraction of sp³-hybridized carbons (Fsp3) is 0.438. The van der Waals surface area contributed by atoms with E-state index in [1.165, 1.54) is 38.4 Å². The summed E-state index contributed by atoms with van der Waals surface area (Å²) in [6.07, 6.45) is 5.03. The summed E-state index contributed by atoms with van der Waals surface area (Å²) in [5, 5.41) is 3.15. The van der Waals surface area contributed by atoms with Crippen molar-refractivity contribution >= 4 is 17.2 Å². The van der Waals surface area contributed by atoms with Gasteiger partial charge in [0, 0.05) is 18.3 Å². The van der Waals surface area contributed by atoms with Crippen molar-refractivity contribution in [2.24, 2.45) is 5.92 Å². The zero-order valence-electron chi connectivity index (χ0n) is 11.7. The number of ether oxygens (including phenoxy) is 1. The molecule has 1 N–H and O–H groups in total. The minimum Gasteiger partial charge on any atom is -0.465 e. The van der Waals surface area contributed by atoms with Gasteiger partial charge in [0.05, 0.1) is 12.7 Å². The number of allylic oxidation sites excluding steroid dienone is 1. The number of hydrogen-bond acceptors (Lipinski definition) is 3. The summed E-state index contributed by atoms with van der Waals surface area (Å²) in [4.78, 5) is 11.5. The highest BCUT2D eigenvalue weighted by molar-refractivity contribution is 5.92. The minimum absolute atomic E-state index is 0.311. The van der Waals surface area contributed by atoms with E-state index < -0.39 is 0 Å². The molecule has 1 aliphatic carbocycles. The van der Waals surface area contributed by atoms with Crippen LogP contribution in [0, 0.1) is 5.92 Å². The van der Waals surface area contributed by atoms with Crippen molar-refractivity contribution < 1.29 is 9.53 Å². The van der Waals surface area contributed by atoms with Gasteiger partial charge in [-0.25, -0.2) is 4.79 Å². The molecule has 1 aromatic carbocycles. The van der Waals surface area contributed by atoms with Crippen LogP contribution in [-0.4, -0.2) is 20.1 Å². The number of carbonyl (C=O) groups excluding carboxylic acids is 1. The van der Waals surface area contributed by atoms with Crippen molar-refractivity contribution in [3.8, 4) is 0 Å². The van der Waals surface area contributed by atoms with Gasteiger partial charge in [0.25, 0.3) is 0 Å². The maximum absolute atomic E-state index is 11.5. The lowest BCUT2D eigenvalue weighted by molar-refractivity contribution is 0.0601. The average molecular weight is 259 g/mol. The zero-order chi connectivity index (χ0) is 13.8. The summed E-state index contributed by atoms with van der Waals surface area (Å²) < 4.78 is 4.75. The fourth-order valence-corrected chi connectivity index (χ4v) is 2.77. The van der Waals surface area contributed by atoms with E-state index in [9.17, 15) is 4.79 Å². The summed E-state index contributed by atoms with van der Waals surface area (Å²) in [6.45, 7) is 4.25. The zero-order valence-corrected chi connectivity index (χ0v) is 11.7. The van der Waals surface area contributed by atoms with Gasteiger partial charge in [-0.15, -0.1) is 0 Å². The van der Waals surface area contributed by atoms with Gasteiger partial charge < -0.3 is 10.1 Å². The van der Waals surface area contributed by atoms with E-state index in [2.05, 4.69) is 11.9 Å². The first-order valence-corrected chi connectivity index (χ1v) is 6.76. The largest absolute Gasteiger partial charge is 0.465 e. The van der Waals surface area contributed by atoms with Crippen molar-refractivity contribution in [3.63, 3.8) is 0 Å². The molecule has 0 atom stereocenters.